The predicted molar refractivity (Wildman–Crippen MR) is 579 cm³/mol. The molecular formula is C120H72B2N6S5. The van der Waals surface area contributed by atoms with Gasteiger partial charge in [0.2, 0.25) is 0 Å². The van der Waals surface area contributed by atoms with E-state index in [1.54, 1.807) is 0 Å². The van der Waals surface area contributed by atoms with Crippen LogP contribution in [0.1, 0.15) is 0 Å². The molecule has 25 aromatic rings. The predicted octanol–water partition coefficient (Wildman–Crippen LogP) is 32.0. The van der Waals surface area contributed by atoms with Crippen LogP contribution >= 0.6 is 56.7 Å². The van der Waals surface area contributed by atoms with E-state index in [9.17, 15) is 0 Å². The first-order valence-electron chi connectivity index (χ1n) is 45.4. The van der Waals surface area contributed by atoms with Crippen molar-refractivity contribution in [1.29, 1.82) is 0 Å². The fourth-order valence-electron chi connectivity index (χ4n) is 22.8. The number of benzene rings is 20. The molecule has 0 N–H and O–H groups in total. The van der Waals surface area contributed by atoms with Gasteiger partial charge in [0.15, 0.2) is 0 Å². The highest BCUT2D eigenvalue weighted by atomic mass is 32.1. The number of hydrogen-bond acceptors (Lipinski definition) is 11. The molecule has 133 heavy (non-hydrogen) atoms. The highest BCUT2D eigenvalue weighted by molar-refractivity contribution is 7.28. The fraction of sp³-hybridized carbons (Fsp3) is 0. The minimum Gasteiger partial charge on any atom is -0.311 e. The number of nitrogens with zero attached hydrogens (tertiary/aromatic N) is 6. The molecule has 29 rings (SSSR count). The quantitative estimate of drug-likeness (QED) is 0.113. The standard InChI is InChI=1S/C120H72B2N6S5/c1-5-33-73(34-6-1)79-46-27-47-80(74-35-7-2-8-36-74)119(79)124(76-39-11-4-12-40-76)78-69-100-117-103(70-78)128(96-56-32-66-112-116(96)86-45-17-26-62-108(86)132-112)99-72-98-90(71-89(99)121(117)87-49-18-20-51-91(87)125(100)94-54-30-64-110-114(94)84-43-15-24-60-106(84)130-110)122-88-50-19-21-52-92(88)126(97-57-28-48-82-81-41-13-22-58-104(81)133-120(82)97)101-67-77(68-102(118(101)122)127(98)95-55-31-65-111-115(95)85-44-16-25-61-107(85)131-111)123(75-37-9-3-10-38-75)93-53-29-63-109-113(93)83-42-14-23-59-105(83)129-109/h1-72H. The van der Waals surface area contributed by atoms with Gasteiger partial charge in [0.05, 0.1) is 50.2 Å². The van der Waals surface area contributed by atoms with Crippen LogP contribution in [0.25, 0.3) is 123 Å². The summed E-state index contributed by atoms with van der Waals surface area (Å²) in [6.07, 6.45) is 0. The zero-order valence-electron chi connectivity index (χ0n) is 71.4. The lowest BCUT2D eigenvalue weighted by Crippen LogP contribution is -2.65. The van der Waals surface area contributed by atoms with Gasteiger partial charge in [0, 0.05) is 164 Å². The van der Waals surface area contributed by atoms with E-state index < -0.39 is 0 Å². The lowest BCUT2D eigenvalue weighted by Gasteiger charge is -2.48. The molecule has 13 heteroatoms. The van der Waals surface area contributed by atoms with E-state index >= 15 is 0 Å². The number of rotatable bonds is 12. The molecule has 0 saturated heterocycles. The largest absolute Gasteiger partial charge is 0.311 e. The summed E-state index contributed by atoms with van der Waals surface area (Å²) in [5, 5.41) is 12.3. The normalized spacial score (nSPS) is 13.0. The van der Waals surface area contributed by atoms with Crippen LogP contribution in [-0.4, -0.2) is 13.4 Å². The Balaban J connectivity index is 0.788. The van der Waals surface area contributed by atoms with E-state index in [0.29, 0.717) is 0 Å². The van der Waals surface area contributed by atoms with Crippen LogP contribution in [0, 0.1) is 0 Å². The number of hydrogen-bond donors (Lipinski definition) is 0. The molecule has 4 aliphatic heterocycles. The van der Waals surface area contributed by atoms with Crippen molar-refractivity contribution >= 4 is 306 Å². The van der Waals surface area contributed by atoms with Crippen LogP contribution in [0.4, 0.5) is 102 Å². The first-order valence-corrected chi connectivity index (χ1v) is 49.5. The lowest BCUT2D eigenvalue weighted by atomic mass is 9.30. The van der Waals surface area contributed by atoms with Crippen molar-refractivity contribution in [3.8, 4) is 22.3 Å². The summed E-state index contributed by atoms with van der Waals surface area (Å²) in [6, 6.07) is 167. The third kappa shape index (κ3) is 11.2. The molecule has 0 atom stereocenters. The Morgan fingerprint density at radius 2 is 0.504 bits per heavy atom. The van der Waals surface area contributed by atoms with Crippen LogP contribution in [0.2, 0.25) is 0 Å². The summed E-state index contributed by atoms with van der Waals surface area (Å²) >= 11 is 9.40. The maximum atomic E-state index is 2.76. The molecule has 4 aliphatic rings. The van der Waals surface area contributed by atoms with Crippen LogP contribution in [0.3, 0.4) is 0 Å². The SMILES string of the molecule is c1ccc(-c2cccc(-c3ccccc3)c2N(c2ccccc2)c2cc3c4c(c2)N(c2cccc5sc6ccccc6c25)c2cc5c(cc2B4c2ccccc2N3c2cccc3sc4ccccc4c23)B2c3ccccc3N(c3cccc4c3sc3ccccc34)c3cc(N(c4ccccc4)c4cccc6sc7ccccc7c46)cc(c32)N5c2cccc3sc4ccccc4c23)cc1. The minimum absolute atomic E-state index is 0.318. The Bertz CT molecular complexity index is 9140. The first-order chi connectivity index (χ1) is 66.0. The van der Waals surface area contributed by atoms with Gasteiger partial charge in [0.1, 0.15) is 0 Å². The number of fused-ring (bicyclic) bond motifs is 23. The van der Waals surface area contributed by atoms with Crippen LogP contribution in [0.15, 0.2) is 437 Å². The molecule has 0 radical (unpaired) electrons. The van der Waals surface area contributed by atoms with Crippen LogP contribution < -0.4 is 62.2 Å². The smallest absolute Gasteiger partial charge is 0.252 e. The highest BCUT2D eigenvalue weighted by Gasteiger charge is 2.50. The van der Waals surface area contributed by atoms with Gasteiger partial charge in [-0.3, -0.25) is 0 Å². The molecule has 9 heterocycles. The second-order valence-electron chi connectivity index (χ2n) is 35.1. The molecule has 0 unspecified atom stereocenters. The number of anilines is 18. The first kappa shape index (κ1) is 75.3. The van der Waals surface area contributed by atoms with Crippen LogP contribution in [0.5, 0.6) is 0 Å². The number of thiophene rings is 5. The molecule has 0 aliphatic carbocycles. The Morgan fingerprint density at radius 3 is 0.970 bits per heavy atom. The summed E-state index contributed by atoms with van der Waals surface area (Å²) in [5.74, 6) is 0. The minimum atomic E-state index is -0.335. The maximum absolute atomic E-state index is 2.76. The summed E-state index contributed by atoms with van der Waals surface area (Å²) in [7, 11) is 0. The van der Waals surface area contributed by atoms with E-state index in [2.05, 4.69) is 466 Å². The molecule has 0 saturated carbocycles. The van der Waals surface area contributed by atoms with Gasteiger partial charge in [-0.15, -0.1) is 56.7 Å². The Hall–Kier alpha value is -15.6. The third-order valence-corrected chi connectivity index (χ3v) is 33.9. The van der Waals surface area contributed by atoms with Crippen molar-refractivity contribution in [2.45, 2.75) is 0 Å². The average molecular weight is 1780 g/mol. The summed E-state index contributed by atoms with van der Waals surface area (Å²) in [5.41, 5.74) is 31.6. The molecule has 5 aromatic heterocycles. The van der Waals surface area contributed by atoms with Crippen molar-refractivity contribution in [3.05, 3.63) is 437 Å². The summed E-state index contributed by atoms with van der Waals surface area (Å²) < 4.78 is 12.4. The zero-order chi connectivity index (χ0) is 86.8. The van der Waals surface area contributed by atoms with Crippen molar-refractivity contribution in [2.75, 3.05) is 29.4 Å². The molecule has 20 aromatic carbocycles. The number of para-hydroxylation sites is 5. The lowest BCUT2D eigenvalue weighted by molar-refractivity contribution is 1.22. The van der Waals surface area contributed by atoms with Gasteiger partial charge < -0.3 is 29.4 Å². The third-order valence-electron chi connectivity index (χ3n) is 28.1. The monoisotopic (exact) mass is 1780 g/mol. The second kappa shape index (κ2) is 29.5. The zero-order valence-corrected chi connectivity index (χ0v) is 75.5. The Kier molecular flexibility index (Phi) is 16.7. The van der Waals surface area contributed by atoms with Gasteiger partial charge in [-0.2, -0.15) is 0 Å². The average Bonchev–Trinajstić information content (AvgIpc) is 1.54. The van der Waals surface area contributed by atoms with Crippen molar-refractivity contribution in [2.24, 2.45) is 0 Å². The van der Waals surface area contributed by atoms with E-state index in [1.807, 2.05) is 56.7 Å². The molecular weight excluding hydrogens is 1710 g/mol. The van der Waals surface area contributed by atoms with Crippen molar-refractivity contribution in [1.82, 2.24) is 0 Å². The van der Waals surface area contributed by atoms with E-state index in [4.69, 9.17) is 0 Å². The van der Waals surface area contributed by atoms with Crippen molar-refractivity contribution < 1.29 is 0 Å². The molecule has 6 nitrogen and oxygen atoms in total. The molecule has 618 valence electrons. The topological polar surface area (TPSA) is 19.4 Å². The van der Waals surface area contributed by atoms with Gasteiger partial charge in [-0.05, 0) is 196 Å². The van der Waals surface area contributed by atoms with E-state index in [0.717, 1.165) is 125 Å². The van der Waals surface area contributed by atoms with E-state index in [1.165, 1.54) is 134 Å². The van der Waals surface area contributed by atoms with Gasteiger partial charge >= 0.3 is 0 Å². The summed E-state index contributed by atoms with van der Waals surface area (Å²) in [4.78, 5) is 16.0. The van der Waals surface area contributed by atoms with Crippen LogP contribution in [-0.2, 0) is 0 Å². The fourth-order valence-corrected chi connectivity index (χ4v) is 28.5. The van der Waals surface area contributed by atoms with Gasteiger partial charge in [0.25, 0.3) is 13.4 Å². The summed E-state index contributed by atoms with van der Waals surface area (Å²) in [6.45, 7) is -0.653. The maximum Gasteiger partial charge on any atom is 0.252 e. The van der Waals surface area contributed by atoms with E-state index in [-0.39, 0.29) is 13.4 Å². The highest BCUT2D eigenvalue weighted by Crippen LogP contribution is 2.59. The van der Waals surface area contributed by atoms with Gasteiger partial charge in [-0.1, -0.05) is 285 Å². The molecule has 0 fully saturated rings. The second-order valence-corrected chi connectivity index (χ2v) is 40.5. The molecule has 0 amide bonds. The van der Waals surface area contributed by atoms with Crippen molar-refractivity contribution in [3.63, 3.8) is 0 Å². The van der Waals surface area contributed by atoms with Gasteiger partial charge in [-0.25, -0.2) is 0 Å². The molecule has 0 bridgehead atoms. The Morgan fingerprint density at radius 1 is 0.188 bits per heavy atom. The Labute approximate surface area is 787 Å². The molecule has 0 spiro atoms.